The van der Waals surface area contributed by atoms with E-state index >= 15 is 0 Å². The number of carbonyl (C=O) groups is 1. The van der Waals surface area contributed by atoms with Gasteiger partial charge in [-0.1, -0.05) is 52.2 Å². The highest BCUT2D eigenvalue weighted by molar-refractivity contribution is 5.86. The molecule has 0 atom stereocenters. The fraction of sp³-hybridized carbons (Fsp3) is 0.640. The van der Waals surface area contributed by atoms with Crippen LogP contribution in [0, 0.1) is 5.92 Å². The van der Waals surface area contributed by atoms with Crippen molar-refractivity contribution in [2.45, 2.75) is 77.6 Å². The van der Waals surface area contributed by atoms with Crippen LogP contribution >= 0.6 is 0 Å². The van der Waals surface area contributed by atoms with Crippen LogP contribution in [-0.2, 0) is 11.2 Å². The Balaban J connectivity index is 1.87. The highest BCUT2D eigenvalue weighted by Crippen LogP contribution is 2.39. The van der Waals surface area contributed by atoms with Crippen LogP contribution in [0.2, 0.25) is 0 Å². The SMILES string of the molecule is C=CC(=O)N(C)CCOc1ccc(C2CCC(CCCCC)CC2)c(CC)c1. The number of likely N-dealkylation sites (N-methyl/N-ethyl adjacent to an activating group) is 1. The fourth-order valence-corrected chi connectivity index (χ4v) is 4.39. The molecule has 1 aromatic rings. The lowest BCUT2D eigenvalue weighted by Gasteiger charge is -2.30. The molecule has 28 heavy (non-hydrogen) atoms. The third-order valence-corrected chi connectivity index (χ3v) is 6.24. The van der Waals surface area contributed by atoms with Gasteiger partial charge in [0.25, 0.3) is 0 Å². The lowest BCUT2D eigenvalue weighted by molar-refractivity contribution is -0.125. The standard InChI is InChI=1S/C25H39NO2/c1-5-8-9-10-20-11-13-22(14-12-20)24-16-15-23(19-21(24)6-2)28-18-17-26(4)25(27)7-3/h7,15-16,19-20,22H,3,5-6,8-14,17-18H2,1-2,4H3. The van der Waals surface area contributed by atoms with E-state index in [-0.39, 0.29) is 5.91 Å². The summed E-state index contributed by atoms with van der Waals surface area (Å²) in [5.74, 6) is 2.50. The van der Waals surface area contributed by atoms with E-state index < -0.39 is 0 Å². The maximum atomic E-state index is 11.5. The van der Waals surface area contributed by atoms with Crippen molar-refractivity contribution < 1.29 is 9.53 Å². The number of aryl methyl sites for hydroxylation is 1. The number of hydrogen-bond acceptors (Lipinski definition) is 2. The Hall–Kier alpha value is -1.77. The molecule has 3 nitrogen and oxygen atoms in total. The van der Waals surface area contributed by atoms with E-state index in [0.29, 0.717) is 19.1 Å². The minimum absolute atomic E-state index is 0.0708. The number of nitrogens with zero attached hydrogens (tertiary/aromatic N) is 1. The van der Waals surface area contributed by atoms with Crippen molar-refractivity contribution in [2.24, 2.45) is 5.92 Å². The van der Waals surface area contributed by atoms with Crippen molar-refractivity contribution >= 4 is 5.91 Å². The summed E-state index contributed by atoms with van der Waals surface area (Å²) in [7, 11) is 1.77. The van der Waals surface area contributed by atoms with Crippen LogP contribution in [0.4, 0.5) is 0 Å². The van der Waals surface area contributed by atoms with Gasteiger partial charge in [-0.15, -0.1) is 0 Å². The molecule has 0 aliphatic heterocycles. The predicted molar refractivity (Wildman–Crippen MR) is 118 cm³/mol. The van der Waals surface area contributed by atoms with Crippen LogP contribution < -0.4 is 4.74 Å². The Kier molecular flexibility index (Phi) is 9.60. The largest absolute Gasteiger partial charge is 0.492 e. The molecule has 1 amide bonds. The fourth-order valence-electron chi connectivity index (χ4n) is 4.39. The van der Waals surface area contributed by atoms with Gasteiger partial charge in [0.1, 0.15) is 12.4 Å². The molecule has 0 heterocycles. The molecule has 1 aliphatic rings. The van der Waals surface area contributed by atoms with Crippen molar-refractivity contribution in [1.29, 1.82) is 0 Å². The number of unbranched alkanes of at least 4 members (excludes halogenated alkanes) is 2. The highest BCUT2D eigenvalue weighted by atomic mass is 16.5. The summed E-state index contributed by atoms with van der Waals surface area (Å²) in [6, 6.07) is 6.60. The van der Waals surface area contributed by atoms with E-state index in [1.54, 1.807) is 11.9 Å². The van der Waals surface area contributed by atoms with E-state index in [1.165, 1.54) is 68.6 Å². The molecule has 0 aromatic heterocycles. The molecule has 1 aliphatic carbocycles. The molecule has 0 spiro atoms. The summed E-state index contributed by atoms with van der Waals surface area (Å²) in [4.78, 5) is 13.1. The van der Waals surface area contributed by atoms with Crippen LogP contribution in [-0.4, -0.2) is 31.0 Å². The van der Waals surface area contributed by atoms with Gasteiger partial charge in [0, 0.05) is 7.05 Å². The molecule has 0 saturated heterocycles. The number of amides is 1. The molecule has 3 heteroatoms. The Morgan fingerprint density at radius 2 is 1.96 bits per heavy atom. The van der Waals surface area contributed by atoms with Crippen molar-refractivity contribution in [3.05, 3.63) is 42.0 Å². The third-order valence-electron chi connectivity index (χ3n) is 6.24. The van der Waals surface area contributed by atoms with Gasteiger partial charge < -0.3 is 9.64 Å². The average molecular weight is 386 g/mol. The molecule has 0 radical (unpaired) electrons. The summed E-state index contributed by atoms with van der Waals surface area (Å²) in [5, 5.41) is 0. The Labute approximate surface area is 172 Å². The zero-order valence-corrected chi connectivity index (χ0v) is 18.2. The van der Waals surface area contributed by atoms with E-state index in [4.69, 9.17) is 4.74 Å². The Morgan fingerprint density at radius 1 is 1.21 bits per heavy atom. The Morgan fingerprint density at radius 3 is 2.61 bits per heavy atom. The lowest BCUT2D eigenvalue weighted by atomic mass is 9.75. The quantitative estimate of drug-likeness (QED) is 0.339. The van der Waals surface area contributed by atoms with Gasteiger partial charge in [-0.3, -0.25) is 4.79 Å². The van der Waals surface area contributed by atoms with E-state index in [9.17, 15) is 4.79 Å². The van der Waals surface area contributed by atoms with E-state index in [1.807, 2.05) is 0 Å². The van der Waals surface area contributed by atoms with E-state index in [0.717, 1.165) is 18.1 Å². The molecular weight excluding hydrogens is 346 g/mol. The second kappa shape index (κ2) is 11.9. The van der Waals surface area contributed by atoms with Crippen LogP contribution in [0.3, 0.4) is 0 Å². The molecule has 0 N–H and O–H groups in total. The van der Waals surface area contributed by atoms with Crippen LogP contribution in [0.15, 0.2) is 30.9 Å². The second-order valence-corrected chi connectivity index (χ2v) is 8.24. The van der Waals surface area contributed by atoms with Crippen molar-refractivity contribution in [2.75, 3.05) is 20.2 Å². The Bertz CT molecular complexity index is 617. The van der Waals surface area contributed by atoms with Gasteiger partial charge >= 0.3 is 0 Å². The maximum Gasteiger partial charge on any atom is 0.245 e. The molecule has 1 saturated carbocycles. The third kappa shape index (κ3) is 6.68. The molecule has 156 valence electrons. The summed E-state index contributed by atoms with van der Waals surface area (Å²) in [6.45, 7) is 9.10. The highest BCUT2D eigenvalue weighted by Gasteiger charge is 2.23. The van der Waals surface area contributed by atoms with Crippen LogP contribution in [0.5, 0.6) is 5.75 Å². The smallest absolute Gasteiger partial charge is 0.245 e. The minimum Gasteiger partial charge on any atom is -0.492 e. The van der Waals surface area contributed by atoms with Gasteiger partial charge in [0.05, 0.1) is 6.54 Å². The zero-order valence-electron chi connectivity index (χ0n) is 18.2. The van der Waals surface area contributed by atoms with Crippen molar-refractivity contribution in [1.82, 2.24) is 4.90 Å². The first-order chi connectivity index (χ1) is 13.6. The van der Waals surface area contributed by atoms with Crippen molar-refractivity contribution in [3.8, 4) is 5.75 Å². The average Bonchev–Trinajstić information content (AvgIpc) is 2.73. The number of hydrogen-bond donors (Lipinski definition) is 0. The topological polar surface area (TPSA) is 29.5 Å². The van der Waals surface area contributed by atoms with Gasteiger partial charge in [-0.2, -0.15) is 0 Å². The summed E-state index contributed by atoms with van der Waals surface area (Å²) < 4.78 is 5.90. The second-order valence-electron chi connectivity index (χ2n) is 8.24. The predicted octanol–water partition coefficient (Wildman–Crippen LogP) is 6.13. The zero-order chi connectivity index (χ0) is 20.4. The van der Waals surface area contributed by atoms with Gasteiger partial charge in [0.2, 0.25) is 5.91 Å². The first-order valence-electron chi connectivity index (χ1n) is 11.2. The number of ether oxygens (including phenoxy) is 1. The number of carbonyl (C=O) groups excluding carboxylic acids is 1. The molecule has 0 unspecified atom stereocenters. The molecule has 2 rings (SSSR count). The normalized spacial score (nSPS) is 19.2. The van der Waals surface area contributed by atoms with E-state index in [2.05, 4.69) is 38.6 Å². The maximum absolute atomic E-state index is 11.5. The van der Waals surface area contributed by atoms with Crippen LogP contribution in [0.1, 0.15) is 82.3 Å². The summed E-state index contributed by atoms with van der Waals surface area (Å²) >= 11 is 0. The molecule has 1 fully saturated rings. The van der Waals surface area contributed by atoms with Gasteiger partial charge in [0.15, 0.2) is 0 Å². The number of benzene rings is 1. The van der Waals surface area contributed by atoms with Gasteiger partial charge in [-0.05, 0) is 73.3 Å². The first kappa shape index (κ1) is 22.5. The number of rotatable bonds is 11. The first-order valence-corrected chi connectivity index (χ1v) is 11.2. The lowest BCUT2D eigenvalue weighted by Crippen LogP contribution is -2.29. The monoisotopic (exact) mass is 385 g/mol. The summed E-state index contributed by atoms with van der Waals surface area (Å²) in [6.07, 6.45) is 13.4. The molecule has 1 aromatic carbocycles. The van der Waals surface area contributed by atoms with Gasteiger partial charge in [-0.25, -0.2) is 0 Å². The molecular formula is C25H39NO2. The minimum atomic E-state index is -0.0708. The molecule has 0 bridgehead atoms. The van der Waals surface area contributed by atoms with Crippen LogP contribution in [0.25, 0.3) is 0 Å². The summed E-state index contributed by atoms with van der Waals surface area (Å²) in [5.41, 5.74) is 2.95. The van der Waals surface area contributed by atoms with Crippen molar-refractivity contribution in [3.63, 3.8) is 0 Å².